The smallest absolute Gasteiger partial charge is 0.144 e. The van der Waals surface area contributed by atoms with E-state index in [4.69, 9.17) is 9.72 Å². The average molecular weight is 455 g/mol. The van der Waals surface area contributed by atoms with E-state index in [0.29, 0.717) is 0 Å². The van der Waals surface area contributed by atoms with E-state index in [9.17, 15) is 0 Å². The summed E-state index contributed by atoms with van der Waals surface area (Å²) in [6.45, 7) is 16.4. The van der Waals surface area contributed by atoms with E-state index in [1.54, 1.807) is 0 Å². The summed E-state index contributed by atoms with van der Waals surface area (Å²) >= 11 is 0. The highest BCUT2D eigenvalue weighted by Gasteiger charge is 2.12. The molecule has 7 heteroatoms. The molecule has 1 aromatic heterocycles. The maximum Gasteiger partial charge on any atom is 0.144 e. The summed E-state index contributed by atoms with van der Waals surface area (Å²) in [7, 11) is 0. The van der Waals surface area contributed by atoms with Crippen LogP contribution in [0.2, 0.25) is 0 Å². The van der Waals surface area contributed by atoms with Crippen molar-refractivity contribution in [3.05, 3.63) is 47.5 Å². The standard InChI is InChI=1S/C26H42N6O/c1-5-11-32(12-6-2)24-19-25(27-10-13-31-14-16-33-17-15-31)28-26(20-24)30-29-22(4)23-9-7-8-21(3)18-23/h7-9,18-20,22,29H,5-6,10-17H2,1-4H3,(H2,27,28,30). The Bertz CT molecular complexity index is 833. The van der Waals surface area contributed by atoms with Gasteiger partial charge in [0, 0.05) is 63.1 Å². The van der Waals surface area contributed by atoms with Crippen molar-refractivity contribution in [2.24, 2.45) is 0 Å². The number of rotatable bonds is 13. The van der Waals surface area contributed by atoms with Gasteiger partial charge in [0.05, 0.1) is 13.2 Å². The van der Waals surface area contributed by atoms with Crippen molar-refractivity contribution in [3.8, 4) is 0 Å². The average Bonchev–Trinajstić information content (AvgIpc) is 2.83. The van der Waals surface area contributed by atoms with Crippen molar-refractivity contribution in [3.63, 3.8) is 0 Å². The third-order valence-corrected chi connectivity index (χ3v) is 5.96. The lowest BCUT2D eigenvalue weighted by atomic mass is 10.1. The summed E-state index contributed by atoms with van der Waals surface area (Å²) in [6, 6.07) is 13.1. The lowest BCUT2D eigenvalue weighted by Crippen LogP contribution is -2.39. The van der Waals surface area contributed by atoms with Gasteiger partial charge in [-0.05, 0) is 32.3 Å². The molecule has 7 nitrogen and oxygen atoms in total. The fourth-order valence-corrected chi connectivity index (χ4v) is 4.13. The van der Waals surface area contributed by atoms with Crippen molar-refractivity contribution >= 4 is 17.3 Å². The van der Waals surface area contributed by atoms with E-state index in [1.807, 2.05) is 0 Å². The van der Waals surface area contributed by atoms with Crippen molar-refractivity contribution in [2.45, 2.75) is 46.6 Å². The molecule has 0 radical (unpaired) electrons. The van der Waals surface area contributed by atoms with Crippen molar-refractivity contribution < 1.29 is 4.74 Å². The highest BCUT2D eigenvalue weighted by Crippen LogP contribution is 2.24. The van der Waals surface area contributed by atoms with E-state index in [-0.39, 0.29) is 6.04 Å². The molecular weight excluding hydrogens is 412 g/mol. The molecule has 0 amide bonds. The normalized spacial score (nSPS) is 15.3. The zero-order valence-corrected chi connectivity index (χ0v) is 20.9. The van der Waals surface area contributed by atoms with Crippen LogP contribution in [-0.2, 0) is 4.74 Å². The molecule has 1 fully saturated rings. The Labute approximate surface area is 199 Å². The summed E-state index contributed by atoms with van der Waals surface area (Å²) in [5, 5.41) is 3.55. The molecule has 1 aliphatic heterocycles. The van der Waals surface area contributed by atoms with E-state index in [0.717, 1.165) is 77.0 Å². The third kappa shape index (κ3) is 8.18. The minimum Gasteiger partial charge on any atom is -0.379 e. The fourth-order valence-electron chi connectivity index (χ4n) is 4.13. The van der Waals surface area contributed by atoms with Crippen LogP contribution in [0.5, 0.6) is 0 Å². The zero-order chi connectivity index (χ0) is 23.5. The highest BCUT2D eigenvalue weighted by molar-refractivity contribution is 5.61. The topological polar surface area (TPSA) is 64.7 Å². The molecule has 1 aliphatic rings. The van der Waals surface area contributed by atoms with Gasteiger partial charge >= 0.3 is 0 Å². The molecule has 2 heterocycles. The van der Waals surface area contributed by atoms with E-state index < -0.39 is 0 Å². The van der Waals surface area contributed by atoms with Crippen LogP contribution in [0, 0.1) is 6.92 Å². The summed E-state index contributed by atoms with van der Waals surface area (Å²) in [4.78, 5) is 9.73. The molecule has 1 saturated heterocycles. The predicted molar refractivity (Wildman–Crippen MR) is 139 cm³/mol. The molecule has 1 atom stereocenters. The number of nitrogens with one attached hydrogen (secondary N) is 3. The van der Waals surface area contributed by atoms with Crippen molar-refractivity contribution in [1.29, 1.82) is 0 Å². The Morgan fingerprint density at radius 1 is 1.06 bits per heavy atom. The molecule has 0 aliphatic carbocycles. The van der Waals surface area contributed by atoms with Gasteiger partial charge in [-0.15, -0.1) is 0 Å². The number of benzene rings is 1. The molecule has 0 saturated carbocycles. The van der Waals surface area contributed by atoms with Crippen LogP contribution in [0.15, 0.2) is 36.4 Å². The first-order chi connectivity index (χ1) is 16.1. The summed E-state index contributed by atoms with van der Waals surface area (Å²) < 4.78 is 5.46. The second-order valence-corrected chi connectivity index (χ2v) is 8.87. The molecule has 1 aromatic carbocycles. The van der Waals surface area contributed by atoms with Crippen LogP contribution < -0.4 is 21.1 Å². The van der Waals surface area contributed by atoms with Crippen LogP contribution in [-0.4, -0.2) is 62.4 Å². The van der Waals surface area contributed by atoms with Crippen molar-refractivity contribution in [2.75, 3.05) is 68.1 Å². The Morgan fingerprint density at radius 2 is 1.79 bits per heavy atom. The number of nitrogens with zero attached hydrogens (tertiary/aromatic N) is 3. The highest BCUT2D eigenvalue weighted by atomic mass is 16.5. The van der Waals surface area contributed by atoms with Gasteiger partial charge in [0.25, 0.3) is 0 Å². The Hall–Kier alpha value is -2.35. The minimum absolute atomic E-state index is 0.162. The number of ether oxygens (including phenoxy) is 1. The van der Waals surface area contributed by atoms with Gasteiger partial charge in [0.1, 0.15) is 11.6 Å². The lowest BCUT2D eigenvalue weighted by Gasteiger charge is -2.27. The molecule has 0 spiro atoms. The van der Waals surface area contributed by atoms with Gasteiger partial charge in [-0.2, -0.15) is 0 Å². The van der Waals surface area contributed by atoms with Gasteiger partial charge in [0.2, 0.25) is 0 Å². The summed E-state index contributed by atoms with van der Waals surface area (Å²) in [5.74, 6) is 1.74. The van der Waals surface area contributed by atoms with Crippen LogP contribution >= 0.6 is 0 Å². The van der Waals surface area contributed by atoms with Gasteiger partial charge in [-0.25, -0.2) is 10.4 Å². The number of morpholine rings is 1. The first kappa shape index (κ1) is 25.3. The molecule has 3 rings (SSSR count). The van der Waals surface area contributed by atoms with Gasteiger partial charge in [0.15, 0.2) is 0 Å². The van der Waals surface area contributed by atoms with E-state index in [2.05, 4.69) is 90.1 Å². The molecule has 1 unspecified atom stereocenters. The molecule has 2 aromatic rings. The molecule has 182 valence electrons. The Kier molecular flexibility index (Phi) is 10.2. The van der Waals surface area contributed by atoms with Gasteiger partial charge in [-0.1, -0.05) is 43.7 Å². The number of hydrogen-bond acceptors (Lipinski definition) is 7. The predicted octanol–water partition coefficient (Wildman–Crippen LogP) is 4.44. The maximum absolute atomic E-state index is 5.46. The number of anilines is 3. The minimum atomic E-state index is 0.162. The number of hydrazine groups is 1. The van der Waals surface area contributed by atoms with E-state index in [1.165, 1.54) is 16.8 Å². The Morgan fingerprint density at radius 3 is 2.48 bits per heavy atom. The van der Waals surface area contributed by atoms with Gasteiger partial charge in [-0.3, -0.25) is 4.90 Å². The maximum atomic E-state index is 5.46. The first-order valence-corrected chi connectivity index (χ1v) is 12.5. The molecule has 3 N–H and O–H groups in total. The second-order valence-electron chi connectivity index (χ2n) is 8.87. The summed E-state index contributed by atoms with van der Waals surface area (Å²) in [6.07, 6.45) is 2.24. The monoisotopic (exact) mass is 454 g/mol. The zero-order valence-electron chi connectivity index (χ0n) is 20.9. The SMILES string of the molecule is CCCN(CCC)c1cc(NCCN2CCOCC2)nc(NNC(C)c2cccc(C)c2)c1. The summed E-state index contributed by atoms with van der Waals surface area (Å²) in [5.41, 5.74) is 10.5. The van der Waals surface area contributed by atoms with Crippen LogP contribution in [0.3, 0.4) is 0 Å². The largest absolute Gasteiger partial charge is 0.379 e. The van der Waals surface area contributed by atoms with Gasteiger partial charge < -0.3 is 20.4 Å². The van der Waals surface area contributed by atoms with Crippen LogP contribution in [0.25, 0.3) is 0 Å². The van der Waals surface area contributed by atoms with Crippen molar-refractivity contribution in [1.82, 2.24) is 15.3 Å². The molecule has 0 bridgehead atoms. The van der Waals surface area contributed by atoms with E-state index >= 15 is 0 Å². The number of hydrogen-bond donors (Lipinski definition) is 3. The molecular formula is C26H42N6O. The number of aryl methyl sites for hydroxylation is 1. The third-order valence-electron chi connectivity index (χ3n) is 5.96. The Balaban J connectivity index is 1.69. The number of aromatic nitrogens is 1. The fraction of sp³-hybridized carbons (Fsp3) is 0.577. The molecule has 33 heavy (non-hydrogen) atoms. The van der Waals surface area contributed by atoms with Crippen LogP contribution in [0.4, 0.5) is 17.3 Å². The van der Waals surface area contributed by atoms with Crippen LogP contribution in [0.1, 0.15) is 50.8 Å². The quantitative estimate of drug-likeness (QED) is 0.387. The second kappa shape index (κ2) is 13.4. The first-order valence-electron chi connectivity index (χ1n) is 12.5. The lowest BCUT2D eigenvalue weighted by molar-refractivity contribution is 0.0398. The number of pyridine rings is 1.